The van der Waals surface area contributed by atoms with Crippen molar-refractivity contribution in [2.75, 3.05) is 18.9 Å². The van der Waals surface area contributed by atoms with E-state index >= 15 is 0 Å². The van der Waals surface area contributed by atoms with Crippen LogP contribution < -0.4 is 10.0 Å². The number of benzene rings is 1. The first kappa shape index (κ1) is 16.0. The van der Waals surface area contributed by atoms with Gasteiger partial charge in [-0.1, -0.05) is 24.3 Å². The van der Waals surface area contributed by atoms with E-state index in [1.807, 2.05) is 0 Å². The van der Waals surface area contributed by atoms with Crippen molar-refractivity contribution in [1.82, 2.24) is 9.71 Å². The Labute approximate surface area is 137 Å². The van der Waals surface area contributed by atoms with Crippen molar-refractivity contribution in [3.63, 3.8) is 0 Å². The monoisotopic (exact) mass is 331 g/mol. The maximum Gasteiger partial charge on any atom is 0.241 e. The summed E-state index contributed by atoms with van der Waals surface area (Å²) in [5, 5.41) is 3.27. The Bertz CT molecular complexity index is 748. The second-order valence-corrected chi connectivity index (χ2v) is 7.73. The molecule has 0 atom stereocenters. The second kappa shape index (κ2) is 6.68. The van der Waals surface area contributed by atoms with Gasteiger partial charge in [0.1, 0.15) is 10.7 Å². The summed E-state index contributed by atoms with van der Waals surface area (Å²) in [5.41, 5.74) is 2.94. The summed E-state index contributed by atoms with van der Waals surface area (Å²) in [6.07, 6.45) is 4.74. The van der Waals surface area contributed by atoms with Gasteiger partial charge in [-0.3, -0.25) is 0 Å². The standard InChI is InChI=1S/C17H21N3O2S/c1-18-23(21,22)16-6-7-17(20-12-16)19-9-8-13-10-14-4-2-3-5-15(14)11-13/h2-7,12-13,18H,8-11H2,1H3,(H,19,20). The zero-order chi connectivity index (χ0) is 16.3. The van der Waals surface area contributed by atoms with Gasteiger partial charge in [-0.25, -0.2) is 18.1 Å². The van der Waals surface area contributed by atoms with Crippen LogP contribution in [-0.2, 0) is 22.9 Å². The van der Waals surface area contributed by atoms with Gasteiger partial charge in [0.25, 0.3) is 0 Å². The van der Waals surface area contributed by atoms with E-state index in [9.17, 15) is 8.42 Å². The lowest BCUT2D eigenvalue weighted by atomic mass is 10.0. The van der Waals surface area contributed by atoms with Crippen molar-refractivity contribution in [1.29, 1.82) is 0 Å². The Morgan fingerprint density at radius 2 is 1.83 bits per heavy atom. The van der Waals surface area contributed by atoms with Crippen LogP contribution in [-0.4, -0.2) is 27.0 Å². The molecular weight excluding hydrogens is 310 g/mol. The van der Waals surface area contributed by atoms with Crippen LogP contribution in [0.3, 0.4) is 0 Å². The summed E-state index contributed by atoms with van der Waals surface area (Å²) in [4.78, 5) is 4.34. The highest BCUT2D eigenvalue weighted by atomic mass is 32.2. The van der Waals surface area contributed by atoms with Crippen molar-refractivity contribution in [3.05, 3.63) is 53.7 Å². The molecule has 1 aromatic heterocycles. The molecule has 1 aliphatic carbocycles. The highest BCUT2D eigenvalue weighted by Gasteiger charge is 2.20. The Kier molecular flexibility index (Phi) is 4.63. The average Bonchev–Trinajstić information content (AvgIpc) is 2.98. The minimum absolute atomic E-state index is 0.178. The van der Waals surface area contributed by atoms with E-state index in [0.29, 0.717) is 11.7 Å². The van der Waals surface area contributed by atoms with Crippen LogP contribution in [0, 0.1) is 5.92 Å². The lowest BCUT2D eigenvalue weighted by Gasteiger charge is -2.11. The van der Waals surface area contributed by atoms with Crippen LogP contribution in [0.1, 0.15) is 17.5 Å². The molecule has 0 bridgehead atoms. The maximum absolute atomic E-state index is 11.6. The van der Waals surface area contributed by atoms with Crippen molar-refractivity contribution >= 4 is 15.8 Å². The van der Waals surface area contributed by atoms with Crippen molar-refractivity contribution in [2.45, 2.75) is 24.2 Å². The molecule has 1 aliphatic rings. The minimum Gasteiger partial charge on any atom is -0.370 e. The second-order valence-electron chi connectivity index (χ2n) is 5.85. The van der Waals surface area contributed by atoms with Crippen LogP contribution in [0.2, 0.25) is 0 Å². The van der Waals surface area contributed by atoms with Gasteiger partial charge >= 0.3 is 0 Å². The van der Waals surface area contributed by atoms with E-state index in [0.717, 1.165) is 25.8 Å². The highest BCUT2D eigenvalue weighted by Crippen LogP contribution is 2.28. The van der Waals surface area contributed by atoms with E-state index < -0.39 is 10.0 Å². The molecule has 6 heteroatoms. The maximum atomic E-state index is 11.6. The normalized spacial score (nSPS) is 14.7. The van der Waals surface area contributed by atoms with Gasteiger partial charge < -0.3 is 5.32 Å². The fraction of sp³-hybridized carbons (Fsp3) is 0.353. The fourth-order valence-corrected chi connectivity index (χ4v) is 3.69. The third kappa shape index (κ3) is 3.71. The van der Waals surface area contributed by atoms with E-state index in [4.69, 9.17) is 0 Å². The van der Waals surface area contributed by atoms with Gasteiger partial charge in [0.05, 0.1) is 0 Å². The van der Waals surface area contributed by atoms with E-state index in [2.05, 4.69) is 39.3 Å². The zero-order valence-electron chi connectivity index (χ0n) is 13.1. The first-order valence-electron chi connectivity index (χ1n) is 7.79. The molecule has 5 nitrogen and oxygen atoms in total. The topological polar surface area (TPSA) is 71.1 Å². The first-order valence-corrected chi connectivity index (χ1v) is 9.27. The van der Waals surface area contributed by atoms with Crippen LogP contribution in [0.25, 0.3) is 0 Å². The summed E-state index contributed by atoms with van der Waals surface area (Å²) in [5.74, 6) is 1.37. The molecule has 122 valence electrons. The van der Waals surface area contributed by atoms with Gasteiger partial charge in [-0.05, 0) is 55.5 Å². The van der Waals surface area contributed by atoms with Gasteiger partial charge in [0.15, 0.2) is 0 Å². The molecule has 0 amide bonds. The van der Waals surface area contributed by atoms with Crippen LogP contribution >= 0.6 is 0 Å². The number of sulfonamides is 1. The minimum atomic E-state index is -3.42. The van der Waals surface area contributed by atoms with E-state index in [-0.39, 0.29) is 4.90 Å². The van der Waals surface area contributed by atoms with Gasteiger partial charge in [-0.2, -0.15) is 0 Å². The molecule has 3 rings (SSSR count). The molecule has 0 aliphatic heterocycles. The molecule has 0 saturated carbocycles. The number of pyridine rings is 1. The van der Waals surface area contributed by atoms with Gasteiger partial charge in [-0.15, -0.1) is 0 Å². The summed E-state index contributed by atoms with van der Waals surface area (Å²) >= 11 is 0. The smallest absolute Gasteiger partial charge is 0.241 e. The molecule has 0 saturated heterocycles. The summed E-state index contributed by atoms with van der Waals surface area (Å²) in [6.45, 7) is 0.837. The lowest BCUT2D eigenvalue weighted by Crippen LogP contribution is -2.18. The Morgan fingerprint density at radius 1 is 1.13 bits per heavy atom. The molecule has 23 heavy (non-hydrogen) atoms. The number of rotatable bonds is 6. The molecule has 0 unspecified atom stereocenters. The molecule has 1 aromatic carbocycles. The molecule has 2 aromatic rings. The van der Waals surface area contributed by atoms with Crippen molar-refractivity contribution in [2.24, 2.45) is 5.92 Å². The largest absolute Gasteiger partial charge is 0.370 e. The number of fused-ring (bicyclic) bond motifs is 1. The van der Waals surface area contributed by atoms with Gasteiger partial charge in [0, 0.05) is 12.7 Å². The Balaban J connectivity index is 1.50. The summed E-state index contributed by atoms with van der Waals surface area (Å²) in [6, 6.07) is 11.9. The van der Waals surface area contributed by atoms with Crippen LogP contribution in [0.4, 0.5) is 5.82 Å². The number of hydrogen-bond acceptors (Lipinski definition) is 4. The van der Waals surface area contributed by atoms with Crippen LogP contribution in [0.15, 0.2) is 47.5 Å². The SMILES string of the molecule is CNS(=O)(=O)c1ccc(NCCC2Cc3ccccc3C2)nc1. The molecule has 2 N–H and O–H groups in total. The Morgan fingerprint density at radius 3 is 2.39 bits per heavy atom. The molecular formula is C17H21N3O2S. The summed E-state index contributed by atoms with van der Waals surface area (Å²) < 4.78 is 25.6. The zero-order valence-corrected chi connectivity index (χ0v) is 13.9. The third-order valence-electron chi connectivity index (χ3n) is 4.31. The number of nitrogens with one attached hydrogen (secondary N) is 2. The van der Waals surface area contributed by atoms with Gasteiger partial charge in [0.2, 0.25) is 10.0 Å². The van der Waals surface area contributed by atoms with Crippen molar-refractivity contribution in [3.8, 4) is 0 Å². The number of anilines is 1. The number of hydrogen-bond donors (Lipinski definition) is 2. The molecule has 0 spiro atoms. The molecule has 1 heterocycles. The quantitative estimate of drug-likeness (QED) is 0.851. The highest BCUT2D eigenvalue weighted by molar-refractivity contribution is 7.89. The predicted molar refractivity (Wildman–Crippen MR) is 90.9 cm³/mol. The Hall–Kier alpha value is -1.92. The predicted octanol–water partition coefficient (Wildman–Crippen LogP) is 2.21. The van der Waals surface area contributed by atoms with Crippen LogP contribution in [0.5, 0.6) is 0 Å². The average molecular weight is 331 g/mol. The number of nitrogens with zero attached hydrogens (tertiary/aromatic N) is 1. The molecule has 0 radical (unpaired) electrons. The lowest BCUT2D eigenvalue weighted by molar-refractivity contribution is 0.529. The first-order chi connectivity index (χ1) is 11.1. The summed E-state index contributed by atoms with van der Waals surface area (Å²) in [7, 11) is -2.03. The fourth-order valence-electron chi connectivity index (χ4n) is 3.02. The number of aromatic nitrogens is 1. The van der Waals surface area contributed by atoms with E-state index in [1.54, 1.807) is 12.1 Å². The molecule has 0 fully saturated rings. The van der Waals surface area contributed by atoms with Crippen molar-refractivity contribution < 1.29 is 8.42 Å². The van der Waals surface area contributed by atoms with E-state index in [1.165, 1.54) is 24.4 Å². The third-order valence-corrected chi connectivity index (χ3v) is 5.71.